The van der Waals surface area contributed by atoms with Crippen molar-refractivity contribution in [3.63, 3.8) is 0 Å². The SMILES string of the molecule is CC(=O)N(c1nc(/C=C/C(=O)NC(C#N)c2ccccc2F)cs1)c1ccccc1F. The molecule has 3 aromatic rings. The van der Waals surface area contributed by atoms with Crippen molar-refractivity contribution in [2.45, 2.75) is 13.0 Å². The van der Waals surface area contributed by atoms with E-state index in [9.17, 15) is 23.6 Å². The molecule has 0 saturated heterocycles. The van der Waals surface area contributed by atoms with Crippen molar-refractivity contribution in [3.05, 3.63) is 82.9 Å². The lowest BCUT2D eigenvalue weighted by Crippen LogP contribution is -2.26. The second kappa shape index (κ2) is 9.73. The molecular formula is C22H16F2N4O2S. The average Bonchev–Trinajstić information content (AvgIpc) is 3.21. The second-order valence-electron chi connectivity index (χ2n) is 6.29. The van der Waals surface area contributed by atoms with Crippen molar-refractivity contribution >= 4 is 40.0 Å². The maximum Gasteiger partial charge on any atom is 0.245 e. The molecule has 31 heavy (non-hydrogen) atoms. The van der Waals surface area contributed by atoms with Gasteiger partial charge in [0.25, 0.3) is 0 Å². The number of hydrogen-bond acceptors (Lipinski definition) is 5. The zero-order chi connectivity index (χ0) is 22.4. The minimum Gasteiger partial charge on any atom is -0.333 e. The van der Waals surface area contributed by atoms with E-state index >= 15 is 0 Å². The van der Waals surface area contributed by atoms with Crippen LogP contribution in [0, 0.1) is 23.0 Å². The van der Waals surface area contributed by atoms with E-state index in [0.29, 0.717) is 5.69 Å². The number of hydrogen-bond donors (Lipinski definition) is 1. The van der Waals surface area contributed by atoms with Gasteiger partial charge < -0.3 is 5.32 Å². The Morgan fingerprint density at radius 3 is 2.48 bits per heavy atom. The molecule has 1 N–H and O–H groups in total. The highest BCUT2D eigenvalue weighted by Gasteiger charge is 2.21. The molecule has 1 atom stereocenters. The van der Waals surface area contributed by atoms with Crippen LogP contribution in [-0.4, -0.2) is 16.8 Å². The van der Waals surface area contributed by atoms with Gasteiger partial charge in [-0.1, -0.05) is 30.3 Å². The van der Waals surface area contributed by atoms with Gasteiger partial charge in [0.2, 0.25) is 11.8 Å². The van der Waals surface area contributed by atoms with Gasteiger partial charge in [-0.05, 0) is 24.3 Å². The van der Waals surface area contributed by atoms with Crippen LogP contribution in [0.3, 0.4) is 0 Å². The number of para-hydroxylation sites is 1. The van der Waals surface area contributed by atoms with Crippen molar-refractivity contribution < 1.29 is 18.4 Å². The summed E-state index contributed by atoms with van der Waals surface area (Å²) < 4.78 is 28.0. The molecule has 0 saturated carbocycles. The van der Waals surface area contributed by atoms with E-state index in [0.717, 1.165) is 22.3 Å². The number of aromatic nitrogens is 1. The molecule has 1 aromatic heterocycles. The predicted molar refractivity (Wildman–Crippen MR) is 113 cm³/mol. The fraction of sp³-hybridized carbons (Fsp3) is 0.0909. The monoisotopic (exact) mass is 438 g/mol. The maximum atomic E-state index is 14.1. The summed E-state index contributed by atoms with van der Waals surface area (Å²) in [5, 5.41) is 13.5. The van der Waals surface area contributed by atoms with Crippen LogP contribution in [0.5, 0.6) is 0 Å². The van der Waals surface area contributed by atoms with Gasteiger partial charge in [0, 0.05) is 23.9 Å². The zero-order valence-corrected chi connectivity index (χ0v) is 17.1. The van der Waals surface area contributed by atoms with Gasteiger partial charge in [-0.25, -0.2) is 13.8 Å². The summed E-state index contributed by atoms with van der Waals surface area (Å²) in [5.74, 6) is -2.21. The van der Waals surface area contributed by atoms with E-state index in [4.69, 9.17) is 0 Å². The van der Waals surface area contributed by atoms with Gasteiger partial charge in [-0.2, -0.15) is 5.26 Å². The summed E-state index contributed by atoms with van der Waals surface area (Å²) in [4.78, 5) is 29.6. The first-order chi connectivity index (χ1) is 14.9. The number of benzene rings is 2. The Morgan fingerprint density at radius 1 is 1.16 bits per heavy atom. The molecule has 1 unspecified atom stereocenters. The molecule has 156 valence electrons. The van der Waals surface area contributed by atoms with Gasteiger partial charge in [0.05, 0.1) is 17.5 Å². The summed E-state index contributed by atoms with van der Waals surface area (Å²) in [6.07, 6.45) is 2.52. The van der Waals surface area contributed by atoms with E-state index in [2.05, 4.69) is 10.3 Å². The third kappa shape index (κ3) is 5.18. The normalized spacial score (nSPS) is 11.7. The number of carbonyl (C=O) groups is 2. The zero-order valence-electron chi connectivity index (χ0n) is 16.3. The number of amides is 2. The van der Waals surface area contributed by atoms with Gasteiger partial charge in [0.15, 0.2) is 5.13 Å². The number of halogens is 2. The first-order valence-corrected chi connectivity index (χ1v) is 9.92. The average molecular weight is 438 g/mol. The first-order valence-electron chi connectivity index (χ1n) is 9.04. The Labute approximate surface area is 181 Å². The minimum absolute atomic E-state index is 0.0599. The van der Waals surface area contributed by atoms with Gasteiger partial charge in [0.1, 0.15) is 17.7 Å². The third-order valence-electron chi connectivity index (χ3n) is 4.15. The fourth-order valence-corrected chi connectivity index (χ4v) is 3.58. The quantitative estimate of drug-likeness (QED) is 0.574. The van der Waals surface area contributed by atoms with Crippen LogP contribution < -0.4 is 10.2 Å². The van der Waals surface area contributed by atoms with Crippen LogP contribution in [0.1, 0.15) is 24.2 Å². The third-order valence-corrected chi connectivity index (χ3v) is 4.99. The van der Waals surface area contributed by atoms with E-state index in [1.807, 2.05) is 6.07 Å². The fourth-order valence-electron chi connectivity index (χ4n) is 2.74. The Kier molecular flexibility index (Phi) is 6.85. The molecule has 0 bridgehead atoms. The standard InChI is InChI=1S/C22H16F2N4O2S/c1-14(29)28(20-9-5-4-8-18(20)24)22-26-15(13-31-22)10-11-21(30)27-19(12-25)16-6-2-3-7-17(16)23/h2-11,13,19H,1H3,(H,27,30)/b11-10+. The molecule has 0 radical (unpaired) electrons. The molecule has 2 aromatic carbocycles. The van der Waals surface area contributed by atoms with E-state index < -0.39 is 29.5 Å². The van der Waals surface area contributed by atoms with Crippen molar-refractivity contribution in [1.29, 1.82) is 5.26 Å². The Bertz CT molecular complexity index is 1190. The first kappa shape index (κ1) is 21.8. The van der Waals surface area contributed by atoms with Crippen LogP contribution in [0.15, 0.2) is 60.0 Å². The highest BCUT2D eigenvalue weighted by atomic mass is 32.1. The van der Waals surface area contributed by atoms with Crippen LogP contribution in [0.4, 0.5) is 19.6 Å². The van der Waals surface area contributed by atoms with Crippen molar-refractivity contribution in [3.8, 4) is 6.07 Å². The molecule has 0 aliphatic heterocycles. The van der Waals surface area contributed by atoms with E-state index in [1.165, 1.54) is 49.4 Å². The smallest absolute Gasteiger partial charge is 0.245 e. The Morgan fingerprint density at radius 2 is 1.84 bits per heavy atom. The van der Waals surface area contributed by atoms with Crippen LogP contribution in [0.2, 0.25) is 0 Å². The number of anilines is 2. The van der Waals surface area contributed by atoms with Crippen molar-refractivity contribution in [1.82, 2.24) is 10.3 Å². The van der Waals surface area contributed by atoms with Gasteiger partial charge in [-0.3, -0.25) is 14.5 Å². The predicted octanol–water partition coefficient (Wildman–Crippen LogP) is 4.50. The molecule has 1 heterocycles. The lowest BCUT2D eigenvalue weighted by atomic mass is 10.1. The summed E-state index contributed by atoms with van der Waals surface area (Å²) >= 11 is 1.10. The Balaban J connectivity index is 1.75. The van der Waals surface area contributed by atoms with Gasteiger partial charge in [-0.15, -0.1) is 11.3 Å². The number of rotatable bonds is 6. The van der Waals surface area contributed by atoms with Crippen LogP contribution in [-0.2, 0) is 9.59 Å². The molecule has 0 spiro atoms. The molecule has 0 aliphatic carbocycles. The lowest BCUT2D eigenvalue weighted by molar-refractivity contribution is -0.117. The lowest BCUT2D eigenvalue weighted by Gasteiger charge is -2.18. The van der Waals surface area contributed by atoms with Crippen LogP contribution in [0.25, 0.3) is 6.08 Å². The largest absolute Gasteiger partial charge is 0.333 e. The number of nitrogens with one attached hydrogen (secondary N) is 1. The molecular weight excluding hydrogens is 422 g/mol. The van der Waals surface area contributed by atoms with Crippen LogP contribution >= 0.6 is 11.3 Å². The topological polar surface area (TPSA) is 86.1 Å². The second-order valence-corrected chi connectivity index (χ2v) is 7.12. The minimum atomic E-state index is -1.15. The summed E-state index contributed by atoms with van der Waals surface area (Å²) in [6, 6.07) is 12.2. The summed E-state index contributed by atoms with van der Waals surface area (Å²) in [7, 11) is 0. The van der Waals surface area contributed by atoms with Crippen molar-refractivity contribution in [2.75, 3.05) is 4.90 Å². The summed E-state index contributed by atoms with van der Waals surface area (Å²) in [6.45, 7) is 1.29. The molecule has 6 nitrogen and oxygen atoms in total. The number of thiazole rings is 1. The molecule has 0 fully saturated rings. The molecule has 2 amide bonds. The highest BCUT2D eigenvalue weighted by Crippen LogP contribution is 2.31. The maximum absolute atomic E-state index is 14.1. The number of nitriles is 1. The van der Waals surface area contributed by atoms with E-state index in [-0.39, 0.29) is 16.4 Å². The van der Waals surface area contributed by atoms with Gasteiger partial charge >= 0.3 is 0 Å². The molecule has 3 rings (SSSR count). The van der Waals surface area contributed by atoms with E-state index in [1.54, 1.807) is 17.5 Å². The Hall–Kier alpha value is -3.90. The highest BCUT2D eigenvalue weighted by molar-refractivity contribution is 7.14. The number of carbonyl (C=O) groups excluding carboxylic acids is 2. The van der Waals surface area contributed by atoms with Crippen molar-refractivity contribution in [2.24, 2.45) is 0 Å². The summed E-state index contributed by atoms with van der Waals surface area (Å²) in [5.41, 5.74) is 0.487. The molecule has 9 heteroatoms. The number of nitrogens with zero attached hydrogens (tertiary/aromatic N) is 3. The molecule has 0 aliphatic rings.